The van der Waals surface area contributed by atoms with E-state index in [1.54, 1.807) is 25.4 Å². The number of aryl methyl sites for hydroxylation is 2. The van der Waals surface area contributed by atoms with Crippen LogP contribution < -0.4 is 9.47 Å². The Labute approximate surface area is 187 Å². The number of nitrogens with zero attached hydrogens (tertiary/aromatic N) is 4. The first kappa shape index (κ1) is 20.0. The van der Waals surface area contributed by atoms with Gasteiger partial charge >= 0.3 is 0 Å². The number of hydrogen-bond donors (Lipinski definition) is 0. The molecule has 0 bridgehead atoms. The third-order valence-corrected chi connectivity index (χ3v) is 6.44. The summed E-state index contributed by atoms with van der Waals surface area (Å²) in [6.45, 7) is 2.31. The SMILES string of the molecule is Cc1nc(-c2cc3c(n4cnnc24)CCc2c(F)ccc4c2[C@H](CO4)CO3)ccc1C(F)F. The highest BCUT2D eigenvalue weighted by Gasteiger charge is 2.31. The molecule has 0 fully saturated rings. The maximum atomic E-state index is 14.8. The maximum absolute atomic E-state index is 14.8. The van der Waals surface area contributed by atoms with Gasteiger partial charge in [0.2, 0.25) is 0 Å². The van der Waals surface area contributed by atoms with E-state index in [4.69, 9.17) is 9.47 Å². The van der Waals surface area contributed by atoms with E-state index in [0.717, 1.165) is 11.3 Å². The Bertz CT molecular complexity index is 1400. The zero-order valence-corrected chi connectivity index (χ0v) is 17.7. The van der Waals surface area contributed by atoms with E-state index in [1.165, 1.54) is 12.1 Å². The number of hydrogen-bond acceptors (Lipinski definition) is 5. The van der Waals surface area contributed by atoms with Crippen molar-refractivity contribution in [2.75, 3.05) is 13.2 Å². The minimum Gasteiger partial charge on any atom is -0.493 e. The second kappa shape index (κ2) is 7.47. The minimum atomic E-state index is -2.59. The predicted molar refractivity (Wildman–Crippen MR) is 113 cm³/mol. The molecular weight excluding hydrogens is 433 g/mol. The van der Waals surface area contributed by atoms with Crippen LogP contribution in [0, 0.1) is 12.7 Å². The van der Waals surface area contributed by atoms with Crippen LogP contribution in [0.3, 0.4) is 0 Å². The molecule has 6 nitrogen and oxygen atoms in total. The van der Waals surface area contributed by atoms with Crippen molar-refractivity contribution in [1.29, 1.82) is 0 Å². The Hall–Kier alpha value is -3.62. The fourth-order valence-electron chi connectivity index (χ4n) is 4.81. The zero-order valence-electron chi connectivity index (χ0n) is 17.7. The highest BCUT2D eigenvalue weighted by atomic mass is 19.3. The highest BCUT2D eigenvalue weighted by Crippen LogP contribution is 2.41. The molecule has 9 heteroatoms. The molecule has 6 rings (SSSR count). The van der Waals surface area contributed by atoms with Crippen LogP contribution in [0.25, 0.3) is 16.9 Å². The minimum absolute atomic E-state index is 0.0811. The summed E-state index contributed by atoms with van der Waals surface area (Å²) in [4.78, 5) is 4.40. The molecule has 33 heavy (non-hydrogen) atoms. The molecule has 0 unspecified atom stereocenters. The summed E-state index contributed by atoms with van der Waals surface area (Å²) in [5, 5.41) is 8.30. The van der Waals surface area contributed by atoms with Crippen molar-refractivity contribution < 1.29 is 22.6 Å². The second-order valence-corrected chi connectivity index (χ2v) is 8.32. The average molecular weight is 452 g/mol. The number of aromatic nitrogens is 4. The monoisotopic (exact) mass is 452 g/mol. The lowest BCUT2D eigenvalue weighted by molar-refractivity contribution is 0.150. The molecular formula is C24H19F3N4O2. The fourth-order valence-corrected chi connectivity index (χ4v) is 4.81. The smallest absolute Gasteiger partial charge is 0.265 e. The quantitative estimate of drug-likeness (QED) is 0.436. The van der Waals surface area contributed by atoms with Crippen molar-refractivity contribution in [2.45, 2.75) is 32.1 Å². The summed E-state index contributed by atoms with van der Waals surface area (Å²) in [5.41, 5.74) is 4.16. The molecule has 1 atom stereocenters. The first-order valence-electron chi connectivity index (χ1n) is 10.7. The summed E-state index contributed by atoms with van der Waals surface area (Å²) in [7, 11) is 0. The first-order valence-corrected chi connectivity index (χ1v) is 10.7. The first-order chi connectivity index (χ1) is 16.0. The van der Waals surface area contributed by atoms with Crippen molar-refractivity contribution in [3.63, 3.8) is 0 Å². The van der Waals surface area contributed by atoms with Crippen molar-refractivity contribution in [1.82, 2.24) is 19.6 Å². The molecule has 168 valence electrons. The molecule has 0 amide bonds. The lowest BCUT2D eigenvalue weighted by Gasteiger charge is -2.16. The summed E-state index contributed by atoms with van der Waals surface area (Å²) < 4.78 is 55.0. The molecule has 1 aromatic carbocycles. The Morgan fingerprint density at radius 1 is 1.06 bits per heavy atom. The van der Waals surface area contributed by atoms with Gasteiger partial charge in [0.25, 0.3) is 6.43 Å². The molecule has 0 saturated heterocycles. The molecule has 0 saturated carbocycles. The lowest BCUT2D eigenvalue weighted by Crippen LogP contribution is -2.13. The van der Waals surface area contributed by atoms with Gasteiger partial charge in [-0.2, -0.15) is 0 Å². The van der Waals surface area contributed by atoms with E-state index < -0.39 is 6.43 Å². The summed E-state index contributed by atoms with van der Waals surface area (Å²) >= 11 is 0. The van der Waals surface area contributed by atoms with Crippen molar-refractivity contribution in [2.24, 2.45) is 0 Å². The van der Waals surface area contributed by atoms with Crippen LogP contribution in [0.15, 0.2) is 36.7 Å². The van der Waals surface area contributed by atoms with Crippen LogP contribution in [-0.4, -0.2) is 32.8 Å². The van der Waals surface area contributed by atoms with Gasteiger partial charge in [-0.25, -0.2) is 13.2 Å². The van der Waals surface area contributed by atoms with E-state index in [2.05, 4.69) is 15.2 Å². The van der Waals surface area contributed by atoms with E-state index >= 15 is 0 Å². The Kier molecular flexibility index (Phi) is 4.53. The topological polar surface area (TPSA) is 61.5 Å². The Morgan fingerprint density at radius 3 is 2.67 bits per heavy atom. The molecule has 0 N–H and O–H groups in total. The fraction of sp³-hybridized carbons (Fsp3) is 0.292. The third kappa shape index (κ3) is 3.13. The highest BCUT2D eigenvalue weighted by molar-refractivity contribution is 5.77. The normalized spacial score (nSPS) is 17.1. The zero-order chi connectivity index (χ0) is 22.7. The van der Waals surface area contributed by atoms with Crippen LogP contribution in [0.2, 0.25) is 0 Å². The van der Waals surface area contributed by atoms with Gasteiger partial charge in [0.1, 0.15) is 23.6 Å². The number of alkyl halides is 2. The van der Waals surface area contributed by atoms with Gasteiger partial charge in [-0.05, 0) is 55.7 Å². The van der Waals surface area contributed by atoms with Crippen molar-refractivity contribution in [3.8, 4) is 22.8 Å². The molecule has 2 aliphatic heterocycles. The van der Waals surface area contributed by atoms with Gasteiger partial charge in [-0.15, -0.1) is 10.2 Å². The number of ether oxygens (including phenoxy) is 2. The largest absolute Gasteiger partial charge is 0.493 e. The lowest BCUT2D eigenvalue weighted by atomic mass is 9.93. The number of rotatable bonds is 2. The third-order valence-electron chi connectivity index (χ3n) is 6.44. The van der Waals surface area contributed by atoms with Gasteiger partial charge in [-0.3, -0.25) is 9.38 Å². The standard InChI is InChI=1S/C24H19F3N4O2/c1-12-14(23(26)27)2-5-18(29-12)16-8-21-19(31-11-28-30-24(16)31)6-3-15-17(25)4-7-20-22(15)13(9-32-20)10-33-21/h2,4-5,7-8,11,13,23H,3,6,9-10H2,1H3/t13-/m1/s1. The molecule has 0 aliphatic carbocycles. The van der Waals surface area contributed by atoms with Gasteiger partial charge in [0.05, 0.1) is 30.5 Å². The van der Waals surface area contributed by atoms with Gasteiger partial charge < -0.3 is 9.47 Å². The molecule has 2 aliphatic rings. The Morgan fingerprint density at radius 2 is 1.88 bits per heavy atom. The summed E-state index contributed by atoms with van der Waals surface area (Å²) in [6.07, 6.45) is -0.0400. The van der Waals surface area contributed by atoms with Gasteiger partial charge in [0.15, 0.2) is 5.65 Å². The van der Waals surface area contributed by atoms with Gasteiger partial charge in [-0.1, -0.05) is 0 Å². The second-order valence-electron chi connectivity index (χ2n) is 8.32. The van der Waals surface area contributed by atoms with Crippen LogP contribution >= 0.6 is 0 Å². The molecule has 4 aromatic rings. The van der Waals surface area contributed by atoms with E-state index in [1.807, 2.05) is 10.5 Å². The van der Waals surface area contributed by atoms with Crippen LogP contribution in [-0.2, 0) is 12.8 Å². The summed E-state index contributed by atoms with van der Waals surface area (Å²) in [6, 6.07) is 7.89. The van der Waals surface area contributed by atoms with E-state index in [-0.39, 0.29) is 23.0 Å². The van der Waals surface area contributed by atoms with Gasteiger partial charge in [0, 0.05) is 22.4 Å². The molecule has 0 spiro atoms. The number of benzene rings is 1. The number of fused-ring (bicyclic) bond motifs is 3. The molecule has 0 radical (unpaired) electrons. The number of pyridine rings is 2. The van der Waals surface area contributed by atoms with Crippen molar-refractivity contribution in [3.05, 3.63) is 70.6 Å². The predicted octanol–water partition coefficient (Wildman–Crippen LogP) is 4.83. The van der Waals surface area contributed by atoms with Crippen LogP contribution in [0.4, 0.5) is 13.2 Å². The van der Waals surface area contributed by atoms with Crippen LogP contribution in [0.1, 0.15) is 40.4 Å². The maximum Gasteiger partial charge on any atom is 0.265 e. The Balaban J connectivity index is 1.49. The molecule has 5 heterocycles. The summed E-state index contributed by atoms with van der Waals surface area (Å²) in [5.74, 6) is 0.988. The average Bonchev–Trinajstić information content (AvgIpc) is 3.44. The molecule has 3 aromatic heterocycles. The van der Waals surface area contributed by atoms with Crippen molar-refractivity contribution >= 4 is 5.65 Å². The van der Waals surface area contributed by atoms with E-state index in [0.29, 0.717) is 60.0 Å². The van der Waals surface area contributed by atoms with Crippen LogP contribution in [0.5, 0.6) is 11.5 Å². The van der Waals surface area contributed by atoms with E-state index in [9.17, 15) is 13.2 Å². The number of halogens is 3.